The lowest BCUT2D eigenvalue weighted by molar-refractivity contribution is 0.0195. The lowest BCUT2D eigenvalue weighted by atomic mass is 10.2. The van der Waals surface area contributed by atoms with Crippen molar-refractivity contribution in [3.05, 3.63) is 29.8 Å². The number of sulfonamides is 1. The molecule has 0 radical (unpaired) electrons. The quantitative estimate of drug-likeness (QED) is 0.525. The van der Waals surface area contributed by atoms with Crippen LogP contribution in [0.2, 0.25) is 0 Å². The van der Waals surface area contributed by atoms with Crippen LogP contribution in [0.4, 0.5) is 5.69 Å². The molecule has 8 nitrogen and oxygen atoms in total. The summed E-state index contributed by atoms with van der Waals surface area (Å²) in [6.45, 7) is 9.07. The maximum absolute atomic E-state index is 12.9. The van der Waals surface area contributed by atoms with Crippen molar-refractivity contribution in [1.82, 2.24) is 15.1 Å². The Morgan fingerprint density at radius 1 is 1.20 bits per heavy atom. The number of rotatable bonds is 6. The monoisotopic (exact) mass is 435 g/mol. The fourth-order valence-corrected chi connectivity index (χ4v) is 5.96. The molecule has 0 aliphatic carbocycles. The average Bonchev–Trinajstić information content (AvgIpc) is 3.42. The Hall–Kier alpha value is -1.84. The molecule has 166 valence electrons. The fourth-order valence-electron chi connectivity index (χ4n) is 4.57. The number of nitrogens with zero attached hydrogens (tertiary/aromatic N) is 4. The molecule has 4 rings (SSSR count). The second kappa shape index (κ2) is 9.53. The first-order valence-corrected chi connectivity index (χ1v) is 12.6. The molecule has 3 aliphatic rings. The van der Waals surface area contributed by atoms with Crippen LogP contribution in [-0.2, 0) is 21.2 Å². The molecule has 2 saturated heterocycles. The van der Waals surface area contributed by atoms with Crippen LogP contribution in [0.3, 0.4) is 0 Å². The molecular formula is C21H33N5O3S. The minimum atomic E-state index is -3.38. The van der Waals surface area contributed by atoms with Crippen LogP contribution in [0, 0.1) is 0 Å². The topological polar surface area (TPSA) is 77.5 Å². The maximum atomic E-state index is 12.9. The molecule has 1 N–H and O–H groups in total. The number of hydrogen-bond donors (Lipinski definition) is 1. The van der Waals surface area contributed by atoms with Gasteiger partial charge in [0, 0.05) is 45.3 Å². The van der Waals surface area contributed by atoms with E-state index in [2.05, 4.69) is 20.1 Å². The van der Waals surface area contributed by atoms with E-state index in [9.17, 15) is 8.42 Å². The Balaban J connectivity index is 1.36. The van der Waals surface area contributed by atoms with Gasteiger partial charge in [-0.1, -0.05) is 18.2 Å². The Labute approximate surface area is 179 Å². The van der Waals surface area contributed by atoms with E-state index >= 15 is 0 Å². The minimum Gasteiger partial charge on any atom is -0.379 e. The van der Waals surface area contributed by atoms with Crippen LogP contribution >= 0.6 is 0 Å². The van der Waals surface area contributed by atoms with Gasteiger partial charge in [0.2, 0.25) is 10.0 Å². The van der Waals surface area contributed by atoms with Gasteiger partial charge in [0.05, 0.1) is 31.2 Å². The molecular weight excluding hydrogens is 402 g/mol. The number of ether oxygens (including phenoxy) is 1. The summed E-state index contributed by atoms with van der Waals surface area (Å²) in [4.78, 5) is 9.44. The number of aliphatic imine (C=N–C) groups is 1. The zero-order chi connectivity index (χ0) is 21.0. The van der Waals surface area contributed by atoms with Crippen LogP contribution in [0.5, 0.6) is 0 Å². The van der Waals surface area contributed by atoms with Crippen molar-refractivity contribution in [2.24, 2.45) is 4.99 Å². The van der Waals surface area contributed by atoms with Gasteiger partial charge in [0.1, 0.15) is 0 Å². The van der Waals surface area contributed by atoms with Gasteiger partial charge in [-0.3, -0.25) is 14.2 Å². The minimum absolute atomic E-state index is 0.0248. The van der Waals surface area contributed by atoms with Crippen molar-refractivity contribution in [3.63, 3.8) is 0 Å². The van der Waals surface area contributed by atoms with Crippen LogP contribution in [-0.4, -0.2) is 95.0 Å². The number of guanidine groups is 1. The van der Waals surface area contributed by atoms with Crippen LogP contribution in [0.25, 0.3) is 0 Å². The summed E-state index contributed by atoms with van der Waals surface area (Å²) < 4.78 is 32.9. The molecule has 9 heteroatoms. The summed E-state index contributed by atoms with van der Waals surface area (Å²) in [5.74, 6) is 0.849. The SMILES string of the molecule is CCNC(=NCCS(=O)(=O)N1CCc2ccccc21)N1CCC(N2CCOCC2)C1. The highest BCUT2D eigenvalue weighted by Crippen LogP contribution is 2.30. The zero-order valence-corrected chi connectivity index (χ0v) is 18.6. The van der Waals surface area contributed by atoms with Crippen molar-refractivity contribution in [2.45, 2.75) is 25.8 Å². The third-order valence-corrected chi connectivity index (χ3v) is 7.90. The molecule has 1 unspecified atom stereocenters. The summed E-state index contributed by atoms with van der Waals surface area (Å²) in [6.07, 6.45) is 1.88. The van der Waals surface area contributed by atoms with Crippen LogP contribution < -0.4 is 9.62 Å². The first-order valence-electron chi connectivity index (χ1n) is 11.0. The molecule has 1 aromatic carbocycles. The second-order valence-corrected chi connectivity index (χ2v) is 10.1. The molecule has 0 bridgehead atoms. The lowest BCUT2D eigenvalue weighted by Gasteiger charge is -2.32. The molecule has 30 heavy (non-hydrogen) atoms. The number of nitrogens with one attached hydrogen (secondary N) is 1. The Morgan fingerprint density at radius 3 is 2.80 bits per heavy atom. The average molecular weight is 436 g/mol. The van der Waals surface area contributed by atoms with E-state index in [0.717, 1.165) is 76.0 Å². The molecule has 0 saturated carbocycles. The summed E-state index contributed by atoms with van der Waals surface area (Å²) in [6, 6.07) is 8.27. The predicted octanol–water partition coefficient (Wildman–Crippen LogP) is 0.751. The van der Waals surface area contributed by atoms with Gasteiger partial charge in [-0.2, -0.15) is 0 Å². The Bertz CT molecular complexity index is 854. The number of fused-ring (bicyclic) bond motifs is 1. The number of likely N-dealkylation sites (tertiary alicyclic amines) is 1. The summed E-state index contributed by atoms with van der Waals surface area (Å²) >= 11 is 0. The van der Waals surface area contributed by atoms with E-state index in [-0.39, 0.29) is 12.3 Å². The van der Waals surface area contributed by atoms with Crippen molar-refractivity contribution < 1.29 is 13.2 Å². The van der Waals surface area contributed by atoms with Crippen molar-refractivity contribution in [2.75, 3.05) is 69.1 Å². The number of morpholine rings is 1. The van der Waals surface area contributed by atoms with Gasteiger partial charge < -0.3 is 15.0 Å². The maximum Gasteiger partial charge on any atom is 0.237 e. The number of para-hydroxylation sites is 1. The van der Waals surface area contributed by atoms with E-state index in [1.165, 1.54) is 0 Å². The molecule has 0 aromatic heterocycles. The number of anilines is 1. The first kappa shape index (κ1) is 21.4. The van der Waals surface area contributed by atoms with E-state index in [4.69, 9.17) is 4.74 Å². The highest BCUT2D eigenvalue weighted by Gasteiger charge is 2.31. The van der Waals surface area contributed by atoms with Gasteiger partial charge >= 0.3 is 0 Å². The van der Waals surface area contributed by atoms with Gasteiger partial charge in [0.15, 0.2) is 5.96 Å². The Kier molecular flexibility index (Phi) is 6.80. The zero-order valence-electron chi connectivity index (χ0n) is 17.8. The first-order chi connectivity index (χ1) is 14.6. The highest BCUT2D eigenvalue weighted by atomic mass is 32.2. The molecule has 3 heterocycles. The molecule has 0 spiro atoms. The third-order valence-electron chi connectivity index (χ3n) is 6.15. The summed E-state index contributed by atoms with van der Waals surface area (Å²) in [5, 5.41) is 3.34. The molecule has 1 aromatic rings. The molecule has 3 aliphatic heterocycles. The molecule has 2 fully saturated rings. The highest BCUT2D eigenvalue weighted by molar-refractivity contribution is 7.92. The van der Waals surface area contributed by atoms with E-state index in [1.807, 2.05) is 31.2 Å². The number of hydrogen-bond acceptors (Lipinski definition) is 5. The second-order valence-electron chi connectivity index (χ2n) is 8.04. The molecule has 1 atom stereocenters. The fraction of sp³-hybridized carbons (Fsp3) is 0.667. The number of benzene rings is 1. The molecule has 0 amide bonds. The summed E-state index contributed by atoms with van der Waals surface area (Å²) in [5.41, 5.74) is 1.92. The lowest BCUT2D eigenvalue weighted by Crippen LogP contribution is -2.46. The third kappa shape index (κ3) is 4.73. The smallest absolute Gasteiger partial charge is 0.237 e. The standard InChI is InChI=1S/C21H33N5O3S/c1-2-22-21(25-10-8-19(17-25)24-12-14-29-15-13-24)23-9-16-30(27,28)26-11-7-18-5-3-4-6-20(18)26/h3-6,19H,2,7-17H2,1H3,(H,22,23). The van der Waals surface area contributed by atoms with Gasteiger partial charge in [0.25, 0.3) is 0 Å². The van der Waals surface area contributed by atoms with Gasteiger partial charge in [-0.25, -0.2) is 8.42 Å². The van der Waals surface area contributed by atoms with Crippen LogP contribution in [0.1, 0.15) is 18.9 Å². The summed E-state index contributed by atoms with van der Waals surface area (Å²) in [7, 11) is -3.38. The van der Waals surface area contributed by atoms with E-state index < -0.39 is 10.0 Å². The van der Waals surface area contributed by atoms with Crippen LogP contribution in [0.15, 0.2) is 29.3 Å². The van der Waals surface area contributed by atoms with Crippen molar-refractivity contribution >= 4 is 21.7 Å². The van der Waals surface area contributed by atoms with Gasteiger partial charge in [-0.15, -0.1) is 0 Å². The Morgan fingerprint density at radius 2 is 2.00 bits per heavy atom. The van der Waals surface area contributed by atoms with E-state index in [1.54, 1.807) is 4.31 Å². The van der Waals surface area contributed by atoms with Crippen molar-refractivity contribution in [3.8, 4) is 0 Å². The van der Waals surface area contributed by atoms with Crippen molar-refractivity contribution in [1.29, 1.82) is 0 Å². The predicted molar refractivity (Wildman–Crippen MR) is 120 cm³/mol. The van der Waals surface area contributed by atoms with Gasteiger partial charge in [-0.05, 0) is 31.4 Å². The normalized spacial score (nSPS) is 23.1. The largest absolute Gasteiger partial charge is 0.379 e. The van der Waals surface area contributed by atoms with E-state index in [0.29, 0.717) is 12.6 Å².